The number of imidazole rings is 1. The van der Waals surface area contributed by atoms with Gasteiger partial charge >= 0.3 is 0 Å². The summed E-state index contributed by atoms with van der Waals surface area (Å²) in [5.74, 6) is 1.70. The highest BCUT2D eigenvalue weighted by Gasteiger charge is 2.45. The molecule has 0 bridgehead atoms. The molecule has 2 aliphatic rings. The van der Waals surface area contributed by atoms with Crippen LogP contribution < -0.4 is 5.32 Å². The van der Waals surface area contributed by atoms with Crippen LogP contribution in [-0.2, 0) is 6.54 Å². The lowest BCUT2D eigenvalue weighted by molar-refractivity contribution is 0.659. The van der Waals surface area contributed by atoms with E-state index in [-0.39, 0.29) is 0 Å². The first kappa shape index (κ1) is 13.0. The molecule has 0 saturated heterocycles. The van der Waals surface area contributed by atoms with Gasteiger partial charge in [-0.1, -0.05) is 0 Å². The molecular weight excluding hydrogens is 310 g/mol. The predicted molar refractivity (Wildman–Crippen MR) is 88.8 cm³/mol. The predicted octanol–water partition coefficient (Wildman–Crippen LogP) is 2.41. The Kier molecular flexibility index (Phi) is 2.69. The van der Waals surface area contributed by atoms with Crippen molar-refractivity contribution in [3.8, 4) is 11.3 Å². The molecule has 0 aromatic carbocycles. The van der Waals surface area contributed by atoms with Crippen LogP contribution in [0.2, 0.25) is 0 Å². The van der Waals surface area contributed by atoms with Crippen molar-refractivity contribution in [1.82, 2.24) is 24.3 Å². The van der Waals surface area contributed by atoms with Crippen molar-refractivity contribution in [1.29, 1.82) is 0 Å². The Bertz CT molecular complexity index is 889. The molecule has 1 aliphatic carbocycles. The maximum Gasteiger partial charge on any atom is 0.188 e. The van der Waals surface area contributed by atoms with Gasteiger partial charge < -0.3 is 9.88 Å². The van der Waals surface area contributed by atoms with Gasteiger partial charge in [-0.05, 0) is 13.3 Å². The normalized spacial score (nSPS) is 21.5. The fourth-order valence-electron chi connectivity index (χ4n) is 3.04. The van der Waals surface area contributed by atoms with Gasteiger partial charge in [0.15, 0.2) is 16.8 Å². The smallest absolute Gasteiger partial charge is 0.188 e. The first-order valence-electron chi connectivity index (χ1n) is 7.68. The number of hydrogen-bond donors (Lipinski definition) is 1. The molecule has 1 N–H and O–H groups in total. The van der Waals surface area contributed by atoms with Gasteiger partial charge in [0.05, 0.1) is 30.2 Å². The van der Waals surface area contributed by atoms with E-state index in [2.05, 4.69) is 38.1 Å². The largest absolute Gasteiger partial charge is 0.316 e. The molecule has 3 aromatic rings. The molecule has 5 rings (SSSR count). The SMILES string of the molecule is CCn1cc(-c2cnc3n2C2CC2N=C3Nc2nccs2)cn1. The summed E-state index contributed by atoms with van der Waals surface area (Å²) in [6, 6.07) is 0.772. The molecule has 0 radical (unpaired) electrons. The number of amidine groups is 1. The molecule has 0 spiro atoms. The topological polar surface area (TPSA) is 72.9 Å². The van der Waals surface area contributed by atoms with Crippen LogP contribution in [-0.4, -0.2) is 36.2 Å². The number of rotatable bonds is 3. The van der Waals surface area contributed by atoms with Crippen molar-refractivity contribution in [2.24, 2.45) is 4.99 Å². The van der Waals surface area contributed by atoms with Gasteiger partial charge in [-0.25, -0.2) is 9.97 Å². The molecule has 8 heteroatoms. The molecule has 2 atom stereocenters. The maximum absolute atomic E-state index is 4.77. The highest BCUT2D eigenvalue weighted by molar-refractivity contribution is 7.13. The number of thiazole rings is 1. The number of fused-ring (bicyclic) bond motifs is 3. The summed E-state index contributed by atoms with van der Waals surface area (Å²) in [6.45, 7) is 2.95. The Morgan fingerprint density at radius 2 is 2.30 bits per heavy atom. The third-order valence-corrected chi connectivity index (χ3v) is 4.96. The monoisotopic (exact) mass is 325 g/mol. The van der Waals surface area contributed by atoms with Crippen LogP contribution in [0.3, 0.4) is 0 Å². The molecule has 116 valence electrons. The zero-order valence-corrected chi connectivity index (χ0v) is 13.4. The highest BCUT2D eigenvalue weighted by atomic mass is 32.1. The lowest BCUT2D eigenvalue weighted by Crippen LogP contribution is -2.24. The van der Waals surface area contributed by atoms with Crippen LogP contribution in [0.5, 0.6) is 0 Å². The number of aromatic nitrogens is 5. The lowest BCUT2D eigenvalue weighted by atomic mass is 10.2. The molecule has 7 nitrogen and oxygen atoms in total. The van der Waals surface area contributed by atoms with Gasteiger partial charge in [0.1, 0.15) is 0 Å². The van der Waals surface area contributed by atoms with Crippen LogP contribution in [0, 0.1) is 0 Å². The van der Waals surface area contributed by atoms with Gasteiger partial charge in [0.25, 0.3) is 0 Å². The molecular formula is C15H15N7S. The number of aliphatic imine (C=N–C) groups is 1. The number of nitrogens with zero attached hydrogens (tertiary/aromatic N) is 6. The van der Waals surface area contributed by atoms with E-state index in [0.29, 0.717) is 12.1 Å². The molecule has 2 unspecified atom stereocenters. The number of hydrogen-bond acceptors (Lipinski definition) is 6. The van der Waals surface area contributed by atoms with Crippen LogP contribution in [0.15, 0.2) is 35.2 Å². The van der Waals surface area contributed by atoms with Crippen molar-refractivity contribution in [3.63, 3.8) is 0 Å². The first-order valence-corrected chi connectivity index (χ1v) is 8.56. The average molecular weight is 325 g/mol. The Labute approximate surface area is 136 Å². The van der Waals surface area contributed by atoms with E-state index in [4.69, 9.17) is 4.99 Å². The Balaban J connectivity index is 1.56. The zero-order chi connectivity index (χ0) is 15.4. The molecule has 0 amide bonds. The summed E-state index contributed by atoms with van der Waals surface area (Å²) in [5.41, 5.74) is 2.22. The number of nitrogens with one attached hydrogen (secondary N) is 1. The molecule has 1 fully saturated rings. The molecule has 3 aromatic heterocycles. The quantitative estimate of drug-likeness (QED) is 0.802. The molecule has 4 heterocycles. The van der Waals surface area contributed by atoms with E-state index in [1.54, 1.807) is 17.5 Å². The Hall–Kier alpha value is -2.48. The fourth-order valence-corrected chi connectivity index (χ4v) is 3.57. The second-order valence-corrected chi connectivity index (χ2v) is 6.63. The van der Waals surface area contributed by atoms with E-state index < -0.39 is 0 Å². The second kappa shape index (κ2) is 4.76. The van der Waals surface area contributed by atoms with Crippen molar-refractivity contribution < 1.29 is 0 Å². The van der Waals surface area contributed by atoms with Crippen LogP contribution in [0.4, 0.5) is 5.13 Å². The fraction of sp³-hybridized carbons (Fsp3) is 0.333. The molecule has 1 saturated carbocycles. The van der Waals surface area contributed by atoms with E-state index in [9.17, 15) is 0 Å². The standard InChI is InChI=1S/C15H15N7S/c1-2-21-8-9(6-18-21)12-7-17-14-13(20-15-16-3-4-23-15)19-10-5-11(10)22(12)14/h3-4,6-8,10-11H,2,5H2,1H3,(H,16,19,20). The maximum atomic E-state index is 4.77. The number of anilines is 1. The van der Waals surface area contributed by atoms with E-state index in [1.165, 1.54) is 0 Å². The minimum Gasteiger partial charge on any atom is -0.316 e. The van der Waals surface area contributed by atoms with Crippen molar-refractivity contribution in [2.75, 3.05) is 5.32 Å². The minimum absolute atomic E-state index is 0.346. The van der Waals surface area contributed by atoms with Crippen LogP contribution in [0.25, 0.3) is 11.3 Å². The van der Waals surface area contributed by atoms with Gasteiger partial charge in [0, 0.05) is 29.9 Å². The van der Waals surface area contributed by atoms with Gasteiger partial charge in [-0.2, -0.15) is 5.10 Å². The Morgan fingerprint density at radius 3 is 3.09 bits per heavy atom. The van der Waals surface area contributed by atoms with E-state index in [1.807, 2.05) is 22.5 Å². The summed E-state index contributed by atoms with van der Waals surface area (Å²) in [6.07, 6.45) is 8.76. The zero-order valence-electron chi connectivity index (χ0n) is 12.5. The Morgan fingerprint density at radius 1 is 1.35 bits per heavy atom. The second-order valence-electron chi connectivity index (χ2n) is 5.73. The molecule has 23 heavy (non-hydrogen) atoms. The third-order valence-electron chi connectivity index (χ3n) is 4.27. The lowest BCUT2D eigenvalue weighted by Gasteiger charge is -2.16. The van der Waals surface area contributed by atoms with E-state index in [0.717, 1.165) is 41.0 Å². The first-order chi connectivity index (χ1) is 11.3. The summed E-state index contributed by atoms with van der Waals surface area (Å²) in [4.78, 5) is 13.7. The van der Waals surface area contributed by atoms with Crippen molar-refractivity contribution in [3.05, 3.63) is 36.0 Å². The van der Waals surface area contributed by atoms with Crippen molar-refractivity contribution >= 4 is 22.3 Å². The summed E-state index contributed by atoms with van der Waals surface area (Å²) in [5, 5.41) is 10.5. The van der Waals surface area contributed by atoms with Crippen molar-refractivity contribution in [2.45, 2.75) is 32.0 Å². The van der Waals surface area contributed by atoms with E-state index >= 15 is 0 Å². The van der Waals surface area contributed by atoms with Gasteiger partial charge in [0.2, 0.25) is 0 Å². The molecule has 1 aliphatic heterocycles. The summed E-state index contributed by atoms with van der Waals surface area (Å²) in [7, 11) is 0. The van der Waals surface area contributed by atoms with Gasteiger partial charge in [-0.15, -0.1) is 11.3 Å². The summed E-state index contributed by atoms with van der Waals surface area (Å²) >= 11 is 1.56. The van der Waals surface area contributed by atoms with Gasteiger partial charge in [-0.3, -0.25) is 9.67 Å². The minimum atomic E-state index is 0.346. The highest BCUT2D eigenvalue weighted by Crippen LogP contribution is 2.45. The average Bonchev–Trinajstić information content (AvgIpc) is 3.01. The van der Waals surface area contributed by atoms with Crippen LogP contribution >= 0.6 is 11.3 Å². The summed E-state index contributed by atoms with van der Waals surface area (Å²) < 4.78 is 4.23. The third kappa shape index (κ3) is 2.02. The van der Waals surface area contributed by atoms with Crippen LogP contribution in [0.1, 0.15) is 25.2 Å². The number of aryl methyl sites for hydroxylation is 1.